The molecule has 3 amide bonds. The van der Waals surface area contributed by atoms with Crippen molar-refractivity contribution in [2.24, 2.45) is 0 Å². The third kappa shape index (κ3) is 13.1. The van der Waals surface area contributed by atoms with Gasteiger partial charge < -0.3 is 45.7 Å². The summed E-state index contributed by atoms with van der Waals surface area (Å²) in [5.74, 6) is -4.84. The van der Waals surface area contributed by atoms with Crippen LogP contribution in [0.4, 0.5) is 17.1 Å². The van der Waals surface area contributed by atoms with E-state index in [1.165, 1.54) is 57.2 Å². The molecule has 0 bridgehead atoms. The van der Waals surface area contributed by atoms with Gasteiger partial charge in [-0.3, -0.25) is 14.4 Å². The van der Waals surface area contributed by atoms with Crippen molar-refractivity contribution >= 4 is 52.7 Å². The second-order valence-corrected chi connectivity index (χ2v) is 7.54. The van der Waals surface area contributed by atoms with E-state index in [4.69, 9.17) is 0 Å². The van der Waals surface area contributed by atoms with Crippen LogP contribution < -0.4 is 31.3 Å². The maximum Gasteiger partial charge on any atom is 3.00 e. The van der Waals surface area contributed by atoms with Crippen LogP contribution in [0.5, 0.6) is 0 Å². The molecule has 40 heavy (non-hydrogen) atoms. The molecule has 12 nitrogen and oxygen atoms in total. The molecule has 0 aliphatic carbocycles. The van der Waals surface area contributed by atoms with Gasteiger partial charge in [0, 0.05) is 54.5 Å². The van der Waals surface area contributed by atoms with Crippen molar-refractivity contribution in [1.82, 2.24) is 0 Å². The monoisotopic (exact) mass is 674 g/mol. The molecular formula is C27H24CeN3O9. The number of benzene rings is 3. The topological polar surface area (TPSA) is 208 Å². The third-order valence-electron chi connectivity index (χ3n) is 4.37. The third-order valence-corrected chi connectivity index (χ3v) is 4.37. The zero-order valence-corrected chi connectivity index (χ0v) is 24.7. The van der Waals surface area contributed by atoms with E-state index < -0.39 is 17.9 Å². The smallest absolute Gasteiger partial charge is 0.545 e. The Morgan fingerprint density at radius 2 is 0.650 bits per heavy atom. The first-order valence-electron chi connectivity index (χ1n) is 11.1. The first-order chi connectivity index (χ1) is 18.3. The zero-order chi connectivity index (χ0) is 29.5. The summed E-state index contributed by atoms with van der Waals surface area (Å²) in [6, 6.07) is 18.3. The number of aromatic carboxylic acids is 3. The maximum absolute atomic E-state index is 10.7. The molecule has 0 aliphatic heterocycles. The van der Waals surface area contributed by atoms with Crippen LogP contribution in [0.1, 0.15) is 51.8 Å². The summed E-state index contributed by atoms with van der Waals surface area (Å²) < 4.78 is 0. The molecular weight excluding hydrogens is 650 g/mol. The van der Waals surface area contributed by atoms with Gasteiger partial charge in [-0.15, -0.1) is 0 Å². The minimum absolute atomic E-state index is 0. The fourth-order valence-electron chi connectivity index (χ4n) is 2.88. The van der Waals surface area contributed by atoms with Gasteiger partial charge >= 0.3 is 41.7 Å². The Balaban J connectivity index is 0.000000563. The number of nitrogens with one attached hydrogen (secondary N) is 3. The predicted molar refractivity (Wildman–Crippen MR) is 135 cm³/mol. The maximum atomic E-state index is 10.7. The molecule has 0 aromatic heterocycles. The summed E-state index contributed by atoms with van der Waals surface area (Å²) in [6.07, 6.45) is 0. The van der Waals surface area contributed by atoms with Crippen LogP contribution in [0, 0.1) is 41.7 Å². The number of rotatable bonds is 6. The molecule has 3 N–H and O–H groups in total. The van der Waals surface area contributed by atoms with Crippen molar-refractivity contribution in [2.75, 3.05) is 16.0 Å². The molecule has 3 aromatic carbocycles. The molecule has 3 aromatic rings. The van der Waals surface area contributed by atoms with Gasteiger partial charge in [0.05, 0.1) is 17.9 Å². The van der Waals surface area contributed by atoms with E-state index in [9.17, 15) is 44.1 Å². The molecule has 0 saturated carbocycles. The van der Waals surface area contributed by atoms with Gasteiger partial charge in [-0.05, 0) is 18.2 Å². The molecule has 205 valence electrons. The van der Waals surface area contributed by atoms with E-state index in [0.29, 0.717) is 0 Å². The molecule has 1 radical (unpaired) electrons. The molecule has 0 saturated heterocycles. The number of anilines is 3. The van der Waals surface area contributed by atoms with Gasteiger partial charge in [-0.2, -0.15) is 0 Å². The van der Waals surface area contributed by atoms with Crippen molar-refractivity contribution in [1.29, 1.82) is 0 Å². The average molecular weight is 675 g/mol. The van der Waals surface area contributed by atoms with Crippen LogP contribution in [0.15, 0.2) is 72.8 Å². The van der Waals surface area contributed by atoms with Gasteiger partial charge in [-0.25, -0.2) is 0 Å². The Hall–Kier alpha value is -4.14. The number of hydrogen-bond donors (Lipinski definition) is 3. The second-order valence-electron chi connectivity index (χ2n) is 7.54. The van der Waals surface area contributed by atoms with Crippen LogP contribution >= 0.6 is 0 Å². The zero-order valence-electron chi connectivity index (χ0n) is 21.6. The van der Waals surface area contributed by atoms with Crippen molar-refractivity contribution in [3.63, 3.8) is 0 Å². The van der Waals surface area contributed by atoms with Crippen molar-refractivity contribution in [2.45, 2.75) is 20.8 Å². The van der Waals surface area contributed by atoms with Crippen molar-refractivity contribution in [3.8, 4) is 0 Å². The summed E-state index contributed by atoms with van der Waals surface area (Å²) in [6.45, 7) is 3.93. The van der Waals surface area contributed by atoms with E-state index in [1.54, 1.807) is 36.4 Å². The number of carboxylic acids is 3. The minimum Gasteiger partial charge on any atom is -0.545 e. The largest absolute Gasteiger partial charge is 3.00 e. The minimum atomic E-state index is -1.30. The van der Waals surface area contributed by atoms with E-state index in [-0.39, 0.29) is 93.2 Å². The molecule has 0 heterocycles. The van der Waals surface area contributed by atoms with E-state index in [1.807, 2.05) is 0 Å². The number of carbonyl (C=O) groups excluding carboxylic acids is 6. The Morgan fingerprint density at radius 3 is 0.825 bits per heavy atom. The van der Waals surface area contributed by atoms with Gasteiger partial charge in [0.25, 0.3) is 0 Å². The number of carboxylic acid groups (broad SMARTS) is 3. The van der Waals surface area contributed by atoms with Crippen LogP contribution in [-0.2, 0) is 14.4 Å². The van der Waals surface area contributed by atoms with Crippen LogP contribution in [0.2, 0.25) is 0 Å². The van der Waals surface area contributed by atoms with E-state index >= 15 is 0 Å². The predicted octanol–water partition coefficient (Wildman–Crippen LogP) is 0.0255. The van der Waals surface area contributed by atoms with Gasteiger partial charge in [-0.1, -0.05) is 54.6 Å². The molecule has 0 spiro atoms. The molecule has 13 heteroatoms. The summed E-state index contributed by atoms with van der Waals surface area (Å²) in [7, 11) is 0. The SMILES string of the molecule is CC(=O)Nc1ccccc1C(=O)[O-].CC(=O)Nc1ccccc1C(=O)[O-].CC(=O)Nc1ccccc1C(=O)[O-].[Ce+3]. The molecule has 3 rings (SSSR count). The van der Waals surface area contributed by atoms with Crippen molar-refractivity contribution < 1.29 is 85.8 Å². The van der Waals surface area contributed by atoms with E-state index in [0.717, 1.165) is 0 Å². The fourth-order valence-corrected chi connectivity index (χ4v) is 2.88. The molecule has 0 aliphatic rings. The molecule has 0 unspecified atom stereocenters. The van der Waals surface area contributed by atoms with Crippen LogP contribution in [-0.4, -0.2) is 35.6 Å². The number of para-hydroxylation sites is 3. The quantitative estimate of drug-likeness (QED) is 0.322. The Bertz CT molecular complexity index is 1210. The summed E-state index contributed by atoms with van der Waals surface area (Å²) in [4.78, 5) is 63.6. The van der Waals surface area contributed by atoms with Crippen LogP contribution in [0.3, 0.4) is 0 Å². The van der Waals surface area contributed by atoms with Gasteiger partial charge in [0.15, 0.2) is 0 Å². The second kappa shape index (κ2) is 18.2. The number of carbonyl (C=O) groups is 6. The first kappa shape index (κ1) is 35.9. The number of hydrogen-bond acceptors (Lipinski definition) is 9. The fraction of sp³-hybridized carbons (Fsp3) is 0.111. The van der Waals surface area contributed by atoms with Gasteiger partial charge in [0.2, 0.25) is 17.7 Å². The first-order valence-corrected chi connectivity index (χ1v) is 11.1. The summed E-state index contributed by atoms with van der Waals surface area (Å²) in [5, 5.41) is 38.8. The van der Waals surface area contributed by atoms with Crippen LogP contribution in [0.25, 0.3) is 0 Å². The standard InChI is InChI=1S/3C9H9NO3.Ce/c3*1-6(11)10-8-5-3-2-4-7(8)9(12)13;/h3*2-5H,1H3,(H,10,11)(H,12,13);/q;;;+3/p-3. The molecule has 0 fully saturated rings. The molecule has 0 atom stereocenters. The van der Waals surface area contributed by atoms with Gasteiger partial charge in [0.1, 0.15) is 0 Å². The Labute approximate surface area is 263 Å². The average Bonchev–Trinajstić information content (AvgIpc) is 2.84. The summed E-state index contributed by atoms with van der Waals surface area (Å²) in [5.41, 5.74) is 0.730. The Morgan fingerprint density at radius 1 is 0.450 bits per heavy atom. The van der Waals surface area contributed by atoms with E-state index in [2.05, 4.69) is 16.0 Å². The number of amides is 3. The summed E-state index contributed by atoms with van der Waals surface area (Å²) >= 11 is 0. The van der Waals surface area contributed by atoms with Crippen molar-refractivity contribution in [3.05, 3.63) is 89.5 Å². The Kier molecular flexibility index (Phi) is 16.3. The normalized spacial score (nSPS) is 9.07.